The Morgan fingerprint density at radius 2 is 1.94 bits per heavy atom. The van der Waals surface area contributed by atoms with Crippen molar-refractivity contribution in [2.75, 3.05) is 33.4 Å². The number of benzene rings is 1. The average molecular weight is 301 g/mol. The molecule has 1 aromatic rings. The zero-order chi connectivity index (χ0) is 12.5. The lowest BCUT2D eigenvalue weighted by Crippen LogP contribution is -2.29. The van der Waals surface area contributed by atoms with E-state index >= 15 is 0 Å². The molecule has 0 amide bonds. The summed E-state index contributed by atoms with van der Waals surface area (Å²) < 4.78 is 6.13. The molecule has 0 unspecified atom stereocenters. The van der Waals surface area contributed by atoms with Crippen LogP contribution in [0.1, 0.15) is 11.1 Å². The van der Waals surface area contributed by atoms with Gasteiger partial charge in [0.2, 0.25) is 0 Å². The molecule has 3 nitrogen and oxygen atoms in total. The summed E-state index contributed by atoms with van der Waals surface area (Å²) in [6.45, 7) is 6.60. The molecule has 17 heavy (non-hydrogen) atoms. The third-order valence-electron chi connectivity index (χ3n) is 2.49. The summed E-state index contributed by atoms with van der Waals surface area (Å²) >= 11 is 3.58. The first-order chi connectivity index (χ1) is 8.24. The second-order valence-corrected chi connectivity index (χ2v) is 4.87. The number of hydrogen-bond donors (Lipinski definition) is 2. The summed E-state index contributed by atoms with van der Waals surface area (Å²) in [5.41, 5.74) is 2.58. The maximum atomic E-state index is 4.96. The Morgan fingerprint density at radius 1 is 1.18 bits per heavy atom. The van der Waals surface area contributed by atoms with E-state index in [1.807, 2.05) is 0 Å². The highest BCUT2D eigenvalue weighted by molar-refractivity contribution is 9.10. The van der Waals surface area contributed by atoms with Crippen LogP contribution in [0.25, 0.3) is 0 Å². The molecule has 96 valence electrons. The molecule has 0 aliphatic rings. The number of methoxy groups -OCH3 is 1. The summed E-state index contributed by atoms with van der Waals surface area (Å²) in [6, 6.07) is 6.44. The fourth-order valence-electron chi connectivity index (χ4n) is 1.49. The monoisotopic (exact) mass is 300 g/mol. The van der Waals surface area contributed by atoms with E-state index in [-0.39, 0.29) is 0 Å². The topological polar surface area (TPSA) is 33.3 Å². The minimum atomic E-state index is 0.767. The van der Waals surface area contributed by atoms with Crippen LogP contribution in [-0.4, -0.2) is 33.4 Å². The first kappa shape index (κ1) is 14.6. The van der Waals surface area contributed by atoms with Crippen molar-refractivity contribution in [1.29, 1.82) is 0 Å². The van der Waals surface area contributed by atoms with E-state index < -0.39 is 0 Å². The van der Waals surface area contributed by atoms with Crippen LogP contribution in [0.4, 0.5) is 0 Å². The second-order valence-electron chi connectivity index (χ2n) is 4.01. The van der Waals surface area contributed by atoms with Crippen LogP contribution in [-0.2, 0) is 11.3 Å². The van der Waals surface area contributed by atoms with Gasteiger partial charge in [0.1, 0.15) is 0 Å². The number of aryl methyl sites for hydroxylation is 1. The summed E-state index contributed by atoms with van der Waals surface area (Å²) in [5.74, 6) is 0. The third kappa shape index (κ3) is 6.17. The predicted octanol–water partition coefficient (Wildman–Crippen LogP) is 2.08. The van der Waals surface area contributed by atoms with Gasteiger partial charge in [-0.1, -0.05) is 28.1 Å². The maximum absolute atomic E-state index is 4.96. The summed E-state index contributed by atoms with van der Waals surface area (Å²) in [7, 11) is 1.72. The van der Waals surface area contributed by atoms with Crippen LogP contribution in [0.15, 0.2) is 22.7 Å². The zero-order valence-electron chi connectivity index (χ0n) is 10.6. The van der Waals surface area contributed by atoms with Crippen LogP contribution in [0.5, 0.6) is 0 Å². The summed E-state index contributed by atoms with van der Waals surface area (Å²) in [4.78, 5) is 0. The van der Waals surface area contributed by atoms with Crippen LogP contribution < -0.4 is 10.6 Å². The number of nitrogens with one attached hydrogen (secondary N) is 2. The van der Waals surface area contributed by atoms with Gasteiger partial charge in [0.15, 0.2) is 0 Å². The van der Waals surface area contributed by atoms with Crippen molar-refractivity contribution in [2.45, 2.75) is 13.5 Å². The van der Waals surface area contributed by atoms with Crippen molar-refractivity contribution >= 4 is 15.9 Å². The fraction of sp³-hybridized carbons (Fsp3) is 0.538. The van der Waals surface area contributed by atoms with Crippen molar-refractivity contribution in [3.8, 4) is 0 Å². The van der Waals surface area contributed by atoms with Crippen molar-refractivity contribution in [2.24, 2.45) is 0 Å². The molecule has 0 aromatic heterocycles. The highest BCUT2D eigenvalue weighted by Gasteiger charge is 1.98. The Bertz CT molecular complexity index is 331. The van der Waals surface area contributed by atoms with E-state index in [0.717, 1.165) is 32.8 Å². The molecular formula is C13H21BrN2O. The maximum Gasteiger partial charge on any atom is 0.0587 e. The first-order valence-corrected chi connectivity index (χ1v) is 6.68. The average Bonchev–Trinajstić information content (AvgIpc) is 2.30. The molecule has 0 aliphatic carbocycles. The lowest BCUT2D eigenvalue weighted by atomic mass is 10.1. The Kier molecular flexibility index (Phi) is 7.44. The molecule has 1 aromatic carbocycles. The van der Waals surface area contributed by atoms with E-state index in [0.29, 0.717) is 0 Å². The smallest absolute Gasteiger partial charge is 0.0587 e. The molecule has 4 heteroatoms. The van der Waals surface area contributed by atoms with Gasteiger partial charge < -0.3 is 15.4 Å². The molecule has 0 saturated carbocycles. The van der Waals surface area contributed by atoms with Crippen LogP contribution in [0.3, 0.4) is 0 Å². The molecule has 0 aliphatic heterocycles. The van der Waals surface area contributed by atoms with Crippen LogP contribution >= 0.6 is 15.9 Å². The number of ether oxygens (including phenoxy) is 1. The van der Waals surface area contributed by atoms with Gasteiger partial charge in [-0.25, -0.2) is 0 Å². The van der Waals surface area contributed by atoms with Crippen molar-refractivity contribution < 1.29 is 4.74 Å². The van der Waals surface area contributed by atoms with Gasteiger partial charge in [-0.15, -0.1) is 0 Å². The molecular weight excluding hydrogens is 280 g/mol. The molecule has 0 spiro atoms. The van der Waals surface area contributed by atoms with Crippen molar-refractivity contribution in [3.63, 3.8) is 0 Å². The van der Waals surface area contributed by atoms with Gasteiger partial charge in [0.25, 0.3) is 0 Å². The Labute approximate surface area is 112 Å². The van der Waals surface area contributed by atoms with Crippen LogP contribution in [0.2, 0.25) is 0 Å². The van der Waals surface area contributed by atoms with E-state index in [4.69, 9.17) is 4.74 Å². The number of rotatable bonds is 8. The highest BCUT2D eigenvalue weighted by atomic mass is 79.9. The largest absolute Gasteiger partial charge is 0.383 e. The minimum Gasteiger partial charge on any atom is -0.383 e. The van der Waals surface area contributed by atoms with E-state index in [9.17, 15) is 0 Å². The fourth-order valence-corrected chi connectivity index (χ4v) is 2.13. The Hall–Kier alpha value is -0.420. The van der Waals surface area contributed by atoms with Gasteiger partial charge in [-0.05, 0) is 24.1 Å². The van der Waals surface area contributed by atoms with Gasteiger partial charge >= 0.3 is 0 Å². The van der Waals surface area contributed by atoms with Crippen LogP contribution in [0, 0.1) is 6.92 Å². The first-order valence-electron chi connectivity index (χ1n) is 5.89. The number of hydrogen-bond acceptors (Lipinski definition) is 3. The molecule has 0 radical (unpaired) electrons. The second kappa shape index (κ2) is 8.64. The molecule has 0 bridgehead atoms. The summed E-state index contributed by atoms with van der Waals surface area (Å²) in [5, 5.41) is 6.70. The number of halogens is 1. The molecule has 1 rings (SSSR count). The SMILES string of the molecule is COCCNCCNCc1ccc(C)cc1Br. The molecule has 0 atom stereocenters. The zero-order valence-corrected chi connectivity index (χ0v) is 12.1. The predicted molar refractivity (Wildman–Crippen MR) is 75.3 cm³/mol. The molecule has 0 fully saturated rings. The van der Waals surface area contributed by atoms with Gasteiger partial charge in [0, 0.05) is 37.8 Å². The van der Waals surface area contributed by atoms with E-state index in [2.05, 4.69) is 51.7 Å². The van der Waals surface area contributed by atoms with Gasteiger partial charge in [-0.2, -0.15) is 0 Å². The van der Waals surface area contributed by atoms with E-state index in [1.165, 1.54) is 15.6 Å². The Morgan fingerprint density at radius 3 is 2.65 bits per heavy atom. The Balaban J connectivity index is 2.14. The highest BCUT2D eigenvalue weighted by Crippen LogP contribution is 2.17. The quantitative estimate of drug-likeness (QED) is 0.721. The lowest BCUT2D eigenvalue weighted by molar-refractivity contribution is 0.199. The lowest BCUT2D eigenvalue weighted by Gasteiger charge is -2.08. The van der Waals surface area contributed by atoms with Crippen molar-refractivity contribution in [3.05, 3.63) is 33.8 Å². The van der Waals surface area contributed by atoms with Gasteiger partial charge in [0.05, 0.1) is 6.61 Å². The van der Waals surface area contributed by atoms with Gasteiger partial charge in [-0.3, -0.25) is 0 Å². The summed E-state index contributed by atoms with van der Waals surface area (Å²) in [6.07, 6.45) is 0. The minimum absolute atomic E-state index is 0.767. The van der Waals surface area contributed by atoms with Crippen molar-refractivity contribution in [1.82, 2.24) is 10.6 Å². The standard InChI is InChI=1S/C13H21BrN2O/c1-11-3-4-12(13(14)9-11)10-16-6-5-15-7-8-17-2/h3-4,9,15-16H,5-8,10H2,1-2H3. The van der Waals surface area contributed by atoms with E-state index in [1.54, 1.807) is 7.11 Å². The molecule has 0 heterocycles. The third-order valence-corrected chi connectivity index (χ3v) is 3.22. The molecule has 0 saturated heterocycles. The molecule has 2 N–H and O–H groups in total. The normalized spacial score (nSPS) is 10.8.